The number of nitrogens with zero attached hydrogens (tertiary/aromatic N) is 4. The Labute approximate surface area is 215 Å². The van der Waals surface area contributed by atoms with Crippen LogP contribution in [0.2, 0.25) is 0 Å². The fourth-order valence-electron chi connectivity index (χ4n) is 5.60. The second kappa shape index (κ2) is 10.5. The summed E-state index contributed by atoms with van der Waals surface area (Å²) >= 11 is 0. The van der Waals surface area contributed by atoms with Gasteiger partial charge in [0.25, 0.3) is 5.69 Å². The van der Waals surface area contributed by atoms with Gasteiger partial charge in [-0.05, 0) is 36.2 Å². The molecule has 3 fully saturated rings. The number of piperazine rings is 1. The maximum atomic E-state index is 15.7. The molecule has 2 amide bonds. The number of amides is 2. The zero-order valence-corrected chi connectivity index (χ0v) is 20.8. The SMILES string of the molecule is O=C1CCC(c2ccc(N3CCN(CC4(F)CCN(c5ccc([N+](=O)[O-])cc5)CC4)CC3)cc2)C(=O)N1. The molecule has 5 rings (SSSR count). The third-order valence-corrected chi connectivity index (χ3v) is 7.86. The summed E-state index contributed by atoms with van der Waals surface area (Å²) in [5.74, 6) is -0.714. The Morgan fingerprint density at radius 3 is 2.03 bits per heavy atom. The smallest absolute Gasteiger partial charge is 0.269 e. The molecule has 0 aliphatic carbocycles. The molecule has 196 valence electrons. The number of hydrogen-bond donors (Lipinski definition) is 1. The van der Waals surface area contributed by atoms with Crippen LogP contribution in [0.5, 0.6) is 0 Å². The average molecular weight is 510 g/mol. The monoisotopic (exact) mass is 509 g/mol. The van der Waals surface area contributed by atoms with E-state index in [-0.39, 0.29) is 23.4 Å². The van der Waals surface area contributed by atoms with Gasteiger partial charge in [0.15, 0.2) is 0 Å². The molecule has 0 spiro atoms. The van der Waals surface area contributed by atoms with E-state index in [4.69, 9.17) is 0 Å². The van der Waals surface area contributed by atoms with Crippen molar-refractivity contribution in [1.29, 1.82) is 0 Å². The highest BCUT2D eigenvalue weighted by molar-refractivity contribution is 6.00. The second-order valence-electron chi connectivity index (χ2n) is 10.3. The summed E-state index contributed by atoms with van der Waals surface area (Å²) in [5, 5.41) is 13.3. The van der Waals surface area contributed by atoms with E-state index in [0.29, 0.717) is 45.3 Å². The standard InChI is InChI=1S/C27H32FN5O4/c28-27(11-13-31(14-12-27)22-5-7-23(8-6-22)33(36)37)19-30-15-17-32(18-16-30)21-3-1-20(2-4-21)24-9-10-25(34)29-26(24)35/h1-8,24H,9-19H2,(H,29,34,35). The van der Waals surface area contributed by atoms with E-state index in [1.165, 1.54) is 12.1 Å². The maximum absolute atomic E-state index is 15.7. The first-order chi connectivity index (χ1) is 17.8. The molecule has 10 heteroatoms. The zero-order chi connectivity index (χ0) is 26.0. The number of hydrogen-bond acceptors (Lipinski definition) is 7. The second-order valence-corrected chi connectivity index (χ2v) is 10.3. The number of carbonyl (C=O) groups excluding carboxylic acids is 2. The molecule has 2 aromatic carbocycles. The molecule has 9 nitrogen and oxygen atoms in total. The lowest BCUT2D eigenvalue weighted by atomic mass is 9.90. The molecule has 3 saturated heterocycles. The van der Waals surface area contributed by atoms with Crippen LogP contribution in [0.1, 0.15) is 37.2 Å². The highest BCUT2D eigenvalue weighted by Crippen LogP contribution is 2.32. The number of non-ortho nitro benzene ring substituents is 1. The van der Waals surface area contributed by atoms with E-state index in [2.05, 4.69) is 20.0 Å². The van der Waals surface area contributed by atoms with Crippen LogP contribution in [-0.2, 0) is 9.59 Å². The van der Waals surface area contributed by atoms with Crippen LogP contribution in [0.25, 0.3) is 0 Å². The van der Waals surface area contributed by atoms with Crippen LogP contribution in [0.3, 0.4) is 0 Å². The minimum atomic E-state index is -1.23. The summed E-state index contributed by atoms with van der Waals surface area (Å²) in [6, 6.07) is 14.5. The molecule has 1 N–H and O–H groups in total. The predicted molar refractivity (Wildman–Crippen MR) is 139 cm³/mol. The summed E-state index contributed by atoms with van der Waals surface area (Å²) in [4.78, 5) is 40.6. The molecule has 3 aliphatic heterocycles. The predicted octanol–water partition coefficient (Wildman–Crippen LogP) is 3.25. The fraction of sp³-hybridized carbons (Fsp3) is 0.481. The number of alkyl halides is 1. The fourth-order valence-corrected chi connectivity index (χ4v) is 5.60. The maximum Gasteiger partial charge on any atom is 0.269 e. The summed E-state index contributed by atoms with van der Waals surface area (Å²) in [6.07, 6.45) is 1.78. The first-order valence-corrected chi connectivity index (χ1v) is 12.9. The zero-order valence-electron chi connectivity index (χ0n) is 20.8. The first kappa shape index (κ1) is 25.1. The lowest BCUT2D eigenvalue weighted by molar-refractivity contribution is -0.384. The van der Waals surface area contributed by atoms with Gasteiger partial charge in [-0.25, -0.2) is 4.39 Å². The van der Waals surface area contributed by atoms with Gasteiger partial charge in [-0.3, -0.25) is 29.9 Å². The third kappa shape index (κ3) is 5.74. The topological polar surface area (TPSA) is 99.0 Å². The molecular formula is C27H32FN5O4. The highest BCUT2D eigenvalue weighted by atomic mass is 19.1. The number of anilines is 2. The van der Waals surface area contributed by atoms with Crippen molar-refractivity contribution in [2.24, 2.45) is 0 Å². The summed E-state index contributed by atoms with van der Waals surface area (Å²) in [7, 11) is 0. The molecule has 3 aliphatic rings. The van der Waals surface area contributed by atoms with Gasteiger partial charge in [-0.2, -0.15) is 0 Å². The molecule has 0 bridgehead atoms. The van der Waals surface area contributed by atoms with Crippen molar-refractivity contribution < 1.29 is 18.9 Å². The van der Waals surface area contributed by atoms with Gasteiger partial charge >= 0.3 is 0 Å². The van der Waals surface area contributed by atoms with Gasteiger partial charge in [-0.1, -0.05) is 12.1 Å². The minimum absolute atomic E-state index is 0.0602. The van der Waals surface area contributed by atoms with E-state index in [1.807, 2.05) is 24.3 Å². The van der Waals surface area contributed by atoms with Gasteiger partial charge in [-0.15, -0.1) is 0 Å². The Bertz CT molecular complexity index is 1140. The van der Waals surface area contributed by atoms with Crippen LogP contribution in [0, 0.1) is 10.1 Å². The third-order valence-electron chi connectivity index (χ3n) is 7.86. The van der Waals surface area contributed by atoms with Crippen molar-refractivity contribution in [3.05, 3.63) is 64.2 Å². The van der Waals surface area contributed by atoms with Crippen LogP contribution in [0.4, 0.5) is 21.5 Å². The quantitative estimate of drug-likeness (QED) is 0.363. The van der Waals surface area contributed by atoms with E-state index in [1.54, 1.807) is 12.1 Å². The Morgan fingerprint density at radius 2 is 1.46 bits per heavy atom. The number of piperidine rings is 2. The number of nitrogens with one attached hydrogen (secondary N) is 1. The van der Waals surface area contributed by atoms with E-state index < -0.39 is 10.6 Å². The molecule has 0 aromatic heterocycles. The van der Waals surface area contributed by atoms with Crippen molar-refractivity contribution in [1.82, 2.24) is 10.2 Å². The normalized spacial score (nSPS) is 22.6. The number of imide groups is 1. The van der Waals surface area contributed by atoms with Crippen LogP contribution < -0.4 is 15.1 Å². The van der Waals surface area contributed by atoms with Crippen molar-refractivity contribution in [2.45, 2.75) is 37.3 Å². The lowest BCUT2D eigenvalue weighted by Gasteiger charge is -2.43. The van der Waals surface area contributed by atoms with Crippen molar-refractivity contribution in [3.63, 3.8) is 0 Å². The molecule has 37 heavy (non-hydrogen) atoms. The van der Waals surface area contributed by atoms with Gasteiger partial charge in [0.2, 0.25) is 11.8 Å². The number of nitro benzene ring substituents is 1. The lowest BCUT2D eigenvalue weighted by Crippen LogP contribution is -2.53. The highest BCUT2D eigenvalue weighted by Gasteiger charge is 2.37. The van der Waals surface area contributed by atoms with Crippen molar-refractivity contribution in [2.75, 3.05) is 55.6 Å². The molecule has 2 aromatic rings. The number of carbonyl (C=O) groups is 2. The Balaban J connectivity index is 1.09. The van der Waals surface area contributed by atoms with Crippen molar-refractivity contribution in [3.8, 4) is 0 Å². The molecule has 0 saturated carbocycles. The Kier molecular flexibility index (Phi) is 7.10. The van der Waals surface area contributed by atoms with Gasteiger partial charge in [0, 0.05) is 88.6 Å². The minimum Gasteiger partial charge on any atom is -0.371 e. The largest absolute Gasteiger partial charge is 0.371 e. The van der Waals surface area contributed by atoms with Gasteiger partial charge < -0.3 is 9.80 Å². The van der Waals surface area contributed by atoms with Gasteiger partial charge in [0.1, 0.15) is 5.67 Å². The van der Waals surface area contributed by atoms with E-state index in [9.17, 15) is 19.7 Å². The van der Waals surface area contributed by atoms with Crippen LogP contribution in [-0.4, -0.2) is 73.1 Å². The molecular weight excluding hydrogens is 477 g/mol. The number of rotatable bonds is 6. The van der Waals surface area contributed by atoms with E-state index >= 15 is 4.39 Å². The Hall–Kier alpha value is -3.53. The molecule has 0 radical (unpaired) electrons. The average Bonchev–Trinajstić information content (AvgIpc) is 2.90. The van der Waals surface area contributed by atoms with Gasteiger partial charge in [0.05, 0.1) is 10.8 Å². The Morgan fingerprint density at radius 1 is 0.892 bits per heavy atom. The summed E-state index contributed by atoms with van der Waals surface area (Å²) in [5.41, 5.74) is 1.73. The first-order valence-electron chi connectivity index (χ1n) is 12.9. The summed E-state index contributed by atoms with van der Waals surface area (Å²) in [6.45, 7) is 4.79. The number of halogens is 1. The molecule has 1 atom stereocenters. The molecule has 1 unspecified atom stereocenters. The molecule has 3 heterocycles. The van der Waals surface area contributed by atoms with E-state index in [0.717, 1.165) is 43.1 Å². The van der Waals surface area contributed by atoms with Crippen molar-refractivity contribution >= 4 is 28.9 Å². The van der Waals surface area contributed by atoms with Crippen LogP contribution >= 0.6 is 0 Å². The van der Waals surface area contributed by atoms with Crippen LogP contribution in [0.15, 0.2) is 48.5 Å². The summed E-state index contributed by atoms with van der Waals surface area (Å²) < 4.78 is 15.7. The number of nitro groups is 1. The number of benzene rings is 2.